The van der Waals surface area contributed by atoms with Gasteiger partial charge in [0, 0.05) is 41.6 Å². The second-order valence-corrected chi connectivity index (χ2v) is 18.6. The molecule has 52 heavy (non-hydrogen) atoms. The minimum Gasteiger partial charge on any atom is -0.497 e. The number of carbonyl (C=O) groups is 1. The van der Waals surface area contributed by atoms with Gasteiger partial charge in [0.25, 0.3) is 10.0 Å². The average molecular weight is 750 g/mol. The van der Waals surface area contributed by atoms with Gasteiger partial charge in [0.15, 0.2) is 5.78 Å². The summed E-state index contributed by atoms with van der Waals surface area (Å²) in [6.07, 6.45) is 10.9. The van der Waals surface area contributed by atoms with E-state index in [0.717, 1.165) is 61.0 Å². The highest BCUT2D eigenvalue weighted by Gasteiger charge is 2.58. The van der Waals surface area contributed by atoms with Crippen LogP contribution in [0, 0.1) is 11.3 Å². The first-order chi connectivity index (χ1) is 24.9. The number of carbonyl (C=O) groups excluding carboxylic acids is 1. The lowest BCUT2D eigenvalue weighted by Crippen LogP contribution is -2.53. The van der Waals surface area contributed by atoms with E-state index in [1.165, 1.54) is 9.88 Å². The van der Waals surface area contributed by atoms with Crippen molar-refractivity contribution in [2.24, 2.45) is 11.3 Å². The van der Waals surface area contributed by atoms with Gasteiger partial charge in [-0.2, -0.15) is 4.31 Å². The predicted molar refractivity (Wildman–Crippen MR) is 206 cm³/mol. The number of rotatable bonds is 10. The summed E-state index contributed by atoms with van der Waals surface area (Å²) < 4.78 is 41.7. The van der Waals surface area contributed by atoms with Crippen LogP contribution < -0.4 is 9.47 Å². The van der Waals surface area contributed by atoms with Gasteiger partial charge in [-0.25, -0.2) is 8.42 Å². The summed E-state index contributed by atoms with van der Waals surface area (Å²) in [5.74, 6) is 1.05. The van der Waals surface area contributed by atoms with Crippen LogP contribution in [0.4, 0.5) is 0 Å². The Morgan fingerprint density at radius 2 is 1.79 bits per heavy atom. The van der Waals surface area contributed by atoms with Crippen molar-refractivity contribution in [3.63, 3.8) is 0 Å². The minimum absolute atomic E-state index is 0.00208. The lowest BCUT2D eigenvalue weighted by Gasteiger charge is -2.46. The number of Topliss-reactive ketones (excluding diaryl/α,β-unsaturated/α-hetero) is 1. The molecule has 2 saturated carbocycles. The number of methoxy groups -OCH3 is 2. The molecule has 8 nitrogen and oxygen atoms in total. The first kappa shape index (κ1) is 38.7. The van der Waals surface area contributed by atoms with Gasteiger partial charge in [-0.3, -0.25) is 4.79 Å². The van der Waals surface area contributed by atoms with E-state index >= 15 is 0 Å². The third-order valence-corrected chi connectivity index (χ3v) is 15.4. The van der Waals surface area contributed by atoms with Crippen LogP contribution in [0.25, 0.3) is 0 Å². The highest BCUT2D eigenvalue weighted by molar-refractivity contribution is 7.91. The second kappa shape index (κ2) is 16.1. The summed E-state index contributed by atoms with van der Waals surface area (Å²) in [5, 5.41) is 25.8. The van der Waals surface area contributed by atoms with E-state index < -0.39 is 27.1 Å². The van der Waals surface area contributed by atoms with Crippen molar-refractivity contribution in [3.8, 4) is 11.5 Å². The number of benzene rings is 2. The third kappa shape index (κ3) is 7.92. The van der Waals surface area contributed by atoms with Gasteiger partial charge in [0.05, 0.1) is 25.9 Å². The van der Waals surface area contributed by atoms with Crippen LogP contribution in [-0.4, -0.2) is 61.2 Å². The van der Waals surface area contributed by atoms with Gasteiger partial charge in [0.2, 0.25) is 0 Å². The summed E-state index contributed by atoms with van der Waals surface area (Å²) in [5.41, 5.74) is 2.26. The third-order valence-electron chi connectivity index (χ3n) is 12.3. The Kier molecular flexibility index (Phi) is 12.0. The number of sulfonamides is 1. The van der Waals surface area contributed by atoms with E-state index in [2.05, 4.69) is 26.0 Å². The summed E-state index contributed by atoms with van der Waals surface area (Å²) >= 11 is 1.16. The minimum atomic E-state index is -4.02. The number of hydrogen-bond acceptors (Lipinski definition) is 8. The number of ether oxygens (including phenoxy) is 2. The van der Waals surface area contributed by atoms with Crippen LogP contribution in [0.3, 0.4) is 0 Å². The maximum Gasteiger partial charge on any atom is 0.252 e. The summed E-state index contributed by atoms with van der Waals surface area (Å²) in [4.78, 5) is 14.4. The number of ketones is 1. The van der Waals surface area contributed by atoms with Gasteiger partial charge < -0.3 is 19.7 Å². The molecule has 1 heterocycles. The van der Waals surface area contributed by atoms with Crippen LogP contribution >= 0.6 is 11.3 Å². The van der Waals surface area contributed by atoms with Crippen LogP contribution in [-0.2, 0) is 23.0 Å². The van der Waals surface area contributed by atoms with Crippen molar-refractivity contribution in [2.75, 3.05) is 20.8 Å². The van der Waals surface area contributed by atoms with Crippen molar-refractivity contribution in [1.29, 1.82) is 0 Å². The van der Waals surface area contributed by atoms with E-state index in [0.29, 0.717) is 61.2 Å². The standard InChI is InChI=1S/C42H55NO7S2/c1-29-10-8-21-41(2)37(35-19-15-30(24-33(44)17-14-29)25-36(35)40(45)31-11-6-5-7-12-31)20-22-42(41,46)28-43(52(47,48)39-13-9-23-51-39)27-32-16-18-34(49-3)26-38(32)50-4/h9-10,13,15-16,18-19,23,25-26,31,33,37,44,46H,5-8,11-12,14,17,20-22,24,27-28H2,1-4H3. The summed E-state index contributed by atoms with van der Waals surface area (Å²) in [6, 6.07) is 14.8. The molecule has 0 spiro atoms. The van der Waals surface area contributed by atoms with E-state index in [1.54, 1.807) is 43.9 Å². The number of allylic oxidation sites excluding steroid dienone is 2. The number of aliphatic hydroxyl groups excluding tert-OH is 1. The molecule has 3 aromatic rings. The molecule has 7 rings (SSSR count). The molecule has 4 aliphatic rings. The molecular formula is C42H55NO7S2. The Morgan fingerprint density at radius 3 is 2.50 bits per heavy atom. The SMILES string of the molecule is COc1ccc(CN(CC2(O)CCC3c4ccc(cc4C(=O)C4CCCCC4)CC(O)CCC(C)=CCCC32C)S(=O)(=O)c2cccs2)c(OC)c1. The number of fused-ring (bicyclic) bond motifs is 8. The highest BCUT2D eigenvalue weighted by Crippen LogP contribution is 2.59. The van der Waals surface area contributed by atoms with E-state index in [-0.39, 0.29) is 34.9 Å². The summed E-state index contributed by atoms with van der Waals surface area (Å²) in [7, 11) is -0.897. The highest BCUT2D eigenvalue weighted by atomic mass is 32.2. The fraction of sp³-hybridized carbons (Fsp3) is 0.548. The molecule has 2 fully saturated rings. The maximum absolute atomic E-state index is 14.5. The topological polar surface area (TPSA) is 113 Å². The quantitative estimate of drug-likeness (QED) is 0.158. The Hall–Kier alpha value is -3.02. The van der Waals surface area contributed by atoms with Gasteiger partial charge in [-0.05, 0) is 105 Å². The molecule has 1 aromatic heterocycles. The zero-order valence-electron chi connectivity index (χ0n) is 31.1. The molecule has 282 valence electrons. The zero-order chi connectivity index (χ0) is 37.1. The van der Waals surface area contributed by atoms with Crippen LogP contribution in [0.15, 0.2) is 69.8 Å². The van der Waals surface area contributed by atoms with Crippen molar-refractivity contribution >= 4 is 27.1 Å². The number of hydrogen-bond donors (Lipinski definition) is 2. The molecular weight excluding hydrogens is 695 g/mol. The molecule has 2 bridgehead atoms. The molecule has 0 saturated heterocycles. The predicted octanol–water partition coefficient (Wildman–Crippen LogP) is 8.46. The van der Waals surface area contributed by atoms with Gasteiger partial charge in [0.1, 0.15) is 15.7 Å². The number of thiophene rings is 1. The van der Waals surface area contributed by atoms with Crippen LogP contribution in [0.2, 0.25) is 0 Å². The largest absolute Gasteiger partial charge is 0.497 e. The average Bonchev–Trinajstić information content (AvgIpc) is 3.78. The smallest absolute Gasteiger partial charge is 0.252 e. The Labute approximate surface area is 313 Å². The molecule has 4 atom stereocenters. The van der Waals surface area contributed by atoms with E-state index in [1.807, 2.05) is 18.2 Å². The van der Waals surface area contributed by atoms with Crippen molar-refractivity contribution in [2.45, 2.75) is 119 Å². The maximum atomic E-state index is 14.5. The van der Waals surface area contributed by atoms with Gasteiger partial charge in [-0.15, -0.1) is 11.3 Å². The Balaban J connectivity index is 1.45. The number of aliphatic hydroxyl groups is 2. The monoisotopic (exact) mass is 749 g/mol. The zero-order valence-corrected chi connectivity index (χ0v) is 32.7. The van der Waals surface area contributed by atoms with Crippen molar-refractivity contribution < 1.29 is 32.9 Å². The molecule has 2 aromatic carbocycles. The second-order valence-electron chi connectivity index (χ2n) is 15.5. The first-order valence-electron chi connectivity index (χ1n) is 18.9. The molecule has 0 aliphatic heterocycles. The van der Waals surface area contributed by atoms with E-state index in [9.17, 15) is 23.4 Å². The molecule has 4 aliphatic carbocycles. The van der Waals surface area contributed by atoms with Crippen molar-refractivity contribution in [3.05, 3.63) is 87.8 Å². The first-order valence-corrected chi connectivity index (χ1v) is 21.2. The normalized spacial score (nSPS) is 26.1. The molecule has 4 unspecified atom stereocenters. The molecule has 2 N–H and O–H groups in total. The lowest BCUT2D eigenvalue weighted by atomic mass is 9.64. The van der Waals surface area contributed by atoms with Gasteiger partial charge in [-0.1, -0.05) is 62.1 Å². The van der Waals surface area contributed by atoms with Crippen LogP contribution in [0.1, 0.15) is 117 Å². The van der Waals surface area contributed by atoms with Crippen LogP contribution in [0.5, 0.6) is 11.5 Å². The van der Waals surface area contributed by atoms with E-state index in [4.69, 9.17) is 9.47 Å². The molecule has 0 amide bonds. The Bertz CT molecular complexity index is 1850. The fourth-order valence-electron chi connectivity index (χ4n) is 9.03. The van der Waals surface area contributed by atoms with Crippen molar-refractivity contribution in [1.82, 2.24) is 4.31 Å². The van der Waals surface area contributed by atoms with Gasteiger partial charge >= 0.3 is 0 Å². The lowest BCUT2D eigenvalue weighted by molar-refractivity contribution is -0.0732. The number of nitrogens with zero attached hydrogens (tertiary/aromatic N) is 1. The molecule has 0 radical (unpaired) electrons. The summed E-state index contributed by atoms with van der Waals surface area (Å²) in [6.45, 7) is 4.08. The molecule has 10 heteroatoms. The Morgan fingerprint density at radius 1 is 1.00 bits per heavy atom. The fourth-order valence-corrected chi connectivity index (χ4v) is 11.6.